The number of rotatable bonds is 4. The quantitative estimate of drug-likeness (QED) is 0.891. The second-order valence-electron chi connectivity index (χ2n) is 4.13. The molecule has 1 unspecified atom stereocenters. The molecular formula is C14H15F2N3. The summed E-state index contributed by atoms with van der Waals surface area (Å²) in [7, 11) is 0. The molecule has 1 atom stereocenters. The Bertz CT molecular complexity index is 572. The van der Waals surface area contributed by atoms with Crippen LogP contribution < -0.4 is 11.1 Å². The lowest BCUT2D eigenvalue weighted by molar-refractivity contribution is 0.541. The largest absolute Gasteiger partial charge is 0.383 e. The van der Waals surface area contributed by atoms with Gasteiger partial charge in [0, 0.05) is 23.4 Å². The van der Waals surface area contributed by atoms with E-state index in [9.17, 15) is 8.78 Å². The van der Waals surface area contributed by atoms with Crippen LogP contribution in [0.5, 0.6) is 0 Å². The van der Waals surface area contributed by atoms with E-state index in [2.05, 4.69) is 10.3 Å². The van der Waals surface area contributed by atoms with E-state index >= 15 is 0 Å². The maximum Gasteiger partial charge on any atom is 0.131 e. The molecule has 0 radical (unpaired) electrons. The van der Waals surface area contributed by atoms with E-state index in [0.29, 0.717) is 23.5 Å². The predicted octanol–water partition coefficient (Wildman–Crippen LogP) is 2.64. The number of hydrogen-bond acceptors (Lipinski definition) is 3. The number of nitrogens with two attached hydrogens (primary N) is 1. The Morgan fingerprint density at radius 3 is 2.68 bits per heavy atom. The number of nitrogens with one attached hydrogen (secondary N) is 1. The first kappa shape index (κ1) is 13.4. The van der Waals surface area contributed by atoms with Gasteiger partial charge < -0.3 is 11.1 Å². The van der Waals surface area contributed by atoms with Crippen LogP contribution in [0.25, 0.3) is 0 Å². The molecular weight excluding hydrogens is 248 g/mol. The van der Waals surface area contributed by atoms with E-state index in [4.69, 9.17) is 5.73 Å². The first-order valence-electron chi connectivity index (χ1n) is 6.02. The van der Waals surface area contributed by atoms with Crippen molar-refractivity contribution in [1.82, 2.24) is 10.3 Å². The fourth-order valence-corrected chi connectivity index (χ4v) is 2.00. The third-order valence-corrected chi connectivity index (χ3v) is 2.86. The van der Waals surface area contributed by atoms with Crippen LogP contribution in [-0.2, 0) is 0 Å². The molecule has 1 heterocycles. The summed E-state index contributed by atoms with van der Waals surface area (Å²) >= 11 is 0. The van der Waals surface area contributed by atoms with Gasteiger partial charge in [-0.2, -0.15) is 0 Å². The monoisotopic (exact) mass is 263 g/mol. The highest BCUT2D eigenvalue weighted by atomic mass is 19.1. The molecule has 0 aliphatic rings. The molecule has 0 spiro atoms. The van der Waals surface area contributed by atoms with E-state index in [1.807, 2.05) is 6.92 Å². The number of aromatic nitrogens is 1. The maximum absolute atomic E-state index is 13.9. The SMILES string of the molecule is CCNC(c1ccc(F)cc1F)c1cccnc1N. The molecule has 0 aliphatic heterocycles. The summed E-state index contributed by atoms with van der Waals surface area (Å²) < 4.78 is 26.9. The van der Waals surface area contributed by atoms with Gasteiger partial charge >= 0.3 is 0 Å². The van der Waals surface area contributed by atoms with Gasteiger partial charge in [-0.25, -0.2) is 13.8 Å². The number of nitrogen functional groups attached to an aromatic ring is 1. The highest BCUT2D eigenvalue weighted by Gasteiger charge is 2.19. The number of anilines is 1. The van der Waals surface area contributed by atoms with Crippen LogP contribution in [0, 0.1) is 11.6 Å². The van der Waals surface area contributed by atoms with Crippen molar-refractivity contribution in [3.63, 3.8) is 0 Å². The van der Waals surface area contributed by atoms with Gasteiger partial charge in [-0.15, -0.1) is 0 Å². The van der Waals surface area contributed by atoms with E-state index in [0.717, 1.165) is 6.07 Å². The number of hydrogen-bond donors (Lipinski definition) is 2. The molecule has 0 saturated heterocycles. The molecule has 3 nitrogen and oxygen atoms in total. The van der Waals surface area contributed by atoms with Crippen molar-refractivity contribution in [2.45, 2.75) is 13.0 Å². The Morgan fingerprint density at radius 1 is 1.26 bits per heavy atom. The lowest BCUT2D eigenvalue weighted by atomic mass is 9.98. The molecule has 0 saturated carbocycles. The second-order valence-corrected chi connectivity index (χ2v) is 4.13. The zero-order valence-electron chi connectivity index (χ0n) is 10.5. The molecule has 0 fully saturated rings. The fraction of sp³-hybridized carbons (Fsp3) is 0.214. The minimum Gasteiger partial charge on any atom is -0.383 e. The van der Waals surface area contributed by atoms with Crippen molar-refractivity contribution in [1.29, 1.82) is 0 Å². The third kappa shape index (κ3) is 2.88. The molecule has 0 amide bonds. The molecule has 1 aromatic heterocycles. The van der Waals surface area contributed by atoms with Crippen molar-refractivity contribution in [3.05, 3.63) is 59.3 Å². The second kappa shape index (κ2) is 5.75. The Kier molecular flexibility index (Phi) is 4.06. The van der Waals surface area contributed by atoms with Gasteiger partial charge in [0.05, 0.1) is 6.04 Å². The number of benzene rings is 1. The normalized spacial score (nSPS) is 12.4. The average Bonchev–Trinajstić information content (AvgIpc) is 2.38. The zero-order chi connectivity index (χ0) is 13.8. The average molecular weight is 263 g/mol. The molecule has 2 aromatic rings. The summed E-state index contributed by atoms with van der Waals surface area (Å²) in [6.45, 7) is 2.52. The van der Waals surface area contributed by atoms with Crippen LogP contribution in [0.15, 0.2) is 36.5 Å². The lowest BCUT2D eigenvalue weighted by Crippen LogP contribution is -2.24. The molecule has 5 heteroatoms. The number of pyridine rings is 1. The van der Waals surface area contributed by atoms with Gasteiger partial charge in [-0.05, 0) is 18.7 Å². The summed E-state index contributed by atoms with van der Waals surface area (Å²) in [6, 6.07) is 6.58. The summed E-state index contributed by atoms with van der Waals surface area (Å²) in [6.07, 6.45) is 1.57. The topological polar surface area (TPSA) is 50.9 Å². The van der Waals surface area contributed by atoms with Crippen LogP contribution >= 0.6 is 0 Å². The van der Waals surface area contributed by atoms with Crippen molar-refractivity contribution < 1.29 is 8.78 Å². The molecule has 0 aliphatic carbocycles. The first-order chi connectivity index (χ1) is 9.13. The van der Waals surface area contributed by atoms with Crippen LogP contribution in [0.4, 0.5) is 14.6 Å². The summed E-state index contributed by atoms with van der Waals surface area (Å²) in [4.78, 5) is 4.00. The van der Waals surface area contributed by atoms with E-state index in [1.54, 1.807) is 18.3 Å². The van der Waals surface area contributed by atoms with E-state index in [-0.39, 0.29) is 0 Å². The molecule has 19 heavy (non-hydrogen) atoms. The Balaban J connectivity index is 2.48. The van der Waals surface area contributed by atoms with Crippen molar-refractivity contribution in [2.24, 2.45) is 0 Å². The van der Waals surface area contributed by atoms with Crippen LogP contribution in [-0.4, -0.2) is 11.5 Å². The molecule has 3 N–H and O–H groups in total. The standard InChI is InChI=1S/C14H15F2N3/c1-2-18-13(11-4-3-7-19-14(11)17)10-6-5-9(15)8-12(10)16/h3-8,13,18H,2H2,1H3,(H2,17,19). The highest BCUT2D eigenvalue weighted by Crippen LogP contribution is 2.27. The number of nitrogens with zero attached hydrogens (tertiary/aromatic N) is 1. The summed E-state index contributed by atoms with van der Waals surface area (Å²) in [5, 5.41) is 3.13. The van der Waals surface area contributed by atoms with E-state index < -0.39 is 17.7 Å². The third-order valence-electron chi connectivity index (χ3n) is 2.86. The Labute approximate surface area is 110 Å². The molecule has 100 valence electrons. The van der Waals surface area contributed by atoms with Crippen molar-refractivity contribution in [2.75, 3.05) is 12.3 Å². The van der Waals surface area contributed by atoms with Crippen LogP contribution in [0.1, 0.15) is 24.1 Å². The fourth-order valence-electron chi connectivity index (χ4n) is 2.00. The van der Waals surface area contributed by atoms with Gasteiger partial charge in [-0.1, -0.05) is 19.1 Å². The van der Waals surface area contributed by atoms with Crippen molar-refractivity contribution >= 4 is 5.82 Å². The van der Waals surface area contributed by atoms with Gasteiger partial charge in [0.15, 0.2) is 0 Å². The van der Waals surface area contributed by atoms with E-state index in [1.165, 1.54) is 12.1 Å². The smallest absolute Gasteiger partial charge is 0.131 e. The highest BCUT2D eigenvalue weighted by molar-refractivity contribution is 5.45. The van der Waals surface area contributed by atoms with Gasteiger partial charge in [0.1, 0.15) is 17.5 Å². The van der Waals surface area contributed by atoms with Crippen LogP contribution in [0.2, 0.25) is 0 Å². The molecule has 0 bridgehead atoms. The van der Waals surface area contributed by atoms with Crippen molar-refractivity contribution in [3.8, 4) is 0 Å². The van der Waals surface area contributed by atoms with Gasteiger partial charge in [0.25, 0.3) is 0 Å². The maximum atomic E-state index is 13.9. The summed E-state index contributed by atoms with van der Waals surface area (Å²) in [5.41, 5.74) is 6.85. The minimum atomic E-state index is -0.603. The Hall–Kier alpha value is -2.01. The molecule has 1 aromatic carbocycles. The lowest BCUT2D eigenvalue weighted by Gasteiger charge is -2.20. The number of halogens is 2. The van der Waals surface area contributed by atoms with Crippen LogP contribution in [0.3, 0.4) is 0 Å². The zero-order valence-corrected chi connectivity index (χ0v) is 10.5. The predicted molar refractivity (Wildman–Crippen MR) is 70.5 cm³/mol. The van der Waals surface area contributed by atoms with Gasteiger partial charge in [0.2, 0.25) is 0 Å². The first-order valence-corrected chi connectivity index (χ1v) is 6.02. The summed E-state index contributed by atoms with van der Waals surface area (Å²) in [5.74, 6) is -0.873. The van der Waals surface area contributed by atoms with Gasteiger partial charge in [-0.3, -0.25) is 0 Å². The molecule has 2 rings (SSSR count). The minimum absolute atomic E-state index is 0.331. The Morgan fingerprint density at radius 2 is 2.05 bits per heavy atom.